The number of carbonyl (C=O) groups is 1. The van der Waals surface area contributed by atoms with E-state index in [-0.39, 0.29) is 5.91 Å². The first-order valence-corrected chi connectivity index (χ1v) is 9.41. The van der Waals surface area contributed by atoms with Crippen molar-refractivity contribution in [1.29, 1.82) is 0 Å². The van der Waals surface area contributed by atoms with Gasteiger partial charge in [-0.25, -0.2) is 0 Å². The number of rotatable bonds is 3. The van der Waals surface area contributed by atoms with Crippen LogP contribution in [0.3, 0.4) is 0 Å². The highest BCUT2D eigenvalue weighted by molar-refractivity contribution is 6.30. The molecule has 1 aliphatic carbocycles. The standard InChI is InChI=1S/C19H18ClN5O2/c1-24-15-7-8-25(19(26)12-3-2-4-13(20)9-12)10-14(15)16(22-24)18-21-17(23-27-18)11-5-6-11/h2-4,9,11H,5-8,10H2,1H3. The molecular weight excluding hydrogens is 366 g/mol. The molecule has 1 aromatic carbocycles. The number of aryl methyl sites for hydroxylation is 1. The molecule has 0 radical (unpaired) electrons. The third-order valence-corrected chi connectivity index (χ3v) is 5.42. The predicted octanol–water partition coefficient (Wildman–Crippen LogP) is 3.20. The Morgan fingerprint density at radius 2 is 2.19 bits per heavy atom. The quantitative estimate of drug-likeness (QED) is 0.694. The molecule has 7 nitrogen and oxygen atoms in total. The number of amides is 1. The second kappa shape index (κ2) is 6.20. The Morgan fingerprint density at radius 3 is 2.96 bits per heavy atom. The van der Waals surface area contributed by atoms with Gasteiger partial charge in [0.2, 0.25) is 0 Å². The van der Waals surface area contributed by atoms with E-state index in [1.54, 1.807) is 24.3 Å². The van der Waals surface area contributed by atoms with Crippen LogP contribution in [0.25, 0.3) is 11.6 Å². The third kappa shape index (κ3) is 2.92. The van der Waals surface area contributed by atoms with Crippen LogP contribution < -0.4 is 0 Å². The normalized spacial score (nSPS) is 16.4. The molecule has 8 heteroatoms. The van der Waals surface area contributed by atoms with E-state index in [9.17, 15) is 4.79 Å². The van der Waals surface area contributed by atoms with Gasteiger partial charge in [0.15, 0.2) is 11.5 Å². The summed E-state index contributed by atoms with van der Waals surface area (Å²) in [6, 6.07) is 7.04. The van der Waals surface area contributed by atoms with E-state index in [0.717, 1.165) is 36.3 Å². The molecule has 5 rings (SSSR count). The zero-order valence-electron chi connectivity index (χ0n) is 14.9. The number of hydrogen-bond acceptors (Lipinski definition) is 5. The van der Waals surface area contributed by atoms with E-state index in [1.807, 2.05) is 16.6 Å². The fourth-order valence-electron chi connectivity index (χ4n) is 3.58. The highest BCUT2D eigenvalue weighted by Gasteiger charge is 2.32. The lowest BCUT2D eigenvalue weighted by Gasteiger charge is -2.27. The minimum absolute atomic E-state index is 0.0397. The zero-order chi connectivity index (χ0) is 18.5. The van der Waals surface area contributed by atoms with Gasteiger partial charge in [-0.05, 0) is 31.0 Å². The van der Waals surface area contributed by atoms with Crippen molar-refractivity contribution in [3.8, 4) is 11.6 Å². The number of carbonyl (C=O) groups excluding carboxylic acids is 1. The van der Waals surface area contributed by atoms with Crippen molar-refractivity contribution >= 4 is 17.5 Å². The molecule has 2 aromatic heterocycles. The van der Waals surface area contributed by atoms with Crippen molar-refractivity contribution in [2.24, 2.45) is 7.05 Å². The molecule has 0 spiro atoms. The van der Waals surface area contributed by atoms with Crippen LogP contribution in [0.5, 0.6) is 0 Å². The number of hydrogen-bond donors (Lipinski definition) is 0. The minimum atomic E-state index is -0.0397. The Kier molecular flexibility index (Phi) is 3.79. The van der Waals surface area contributed by atoms with Gasteiger partial charge >= 0.3 is 0 Å². The number of aromatic nitrogens is 4. The molecule has 0 atom stereocenters. The summed E-state index contributed by atoms with van der Waals surface area (Å²) in [5.41, 5.74) is 3.34. The summed E-state index contributed by atoms with van der Waals surface area (Å²) in [4.78, 5) is 19.3. The largest absolute Gasteiger partial charge is 0.334 e. The molecule has 0 bridgehead atoms. The average molecular weight is 384 g/mol. The van der Waals surface area contributed by atoms with Gasteiger partial charge in [0, 0.05) is 47.8 Å². The van der Waals surface area contributed by atoms with Gasteiger partial charge in [-0.3, -0.25) is 9.48 Å². The highest BCUT2D eigenvalue weighted by Crippen LogP contribution is 2.39. The molecule has 1 amide bonds. The molecule has 3 heterocycles. The SMILES string of the molecule is Cn1nc(-c2nc(C3CC3)no2)c2c1CCN(C(=O)c1cccc(Cl)c1)C2. The number of benzene rings is 1. The van der Waals surface area contributed by atoms with Gasteiger partial charge in [-0.15, -0.1) is 0 Å². The smallest absolute Gasteiger partial charge is 0.278 e. The van der Waals surface area contributed by atoms with Gasteiger partial charge in [0.1, 0.15) is 0 Å². The fourth-order valence-corrected chi connectivity index (χ4v) is 3.77. The summed E-state index contributed by atoms with van der Waals surface area (Å²) in [5.74, 6) is 1.57. The van der Waals surface area contributed by atoms with E-state index in [1.165, 1.54) is 0 Å². The molecule has 0 N–H and O–H groups in total. The number of halogens is 1. The molecule has 138 valence electrons. The Bertz CT molecular complexity index is 1040. The molecule has 27 heavy (non-hydrogen) atoms. The minimum Gasteiger partial charge on any atom is -0.334 e. The topological polar surface area (TPSA) is 77.1 Å². The Hall–Kier alpha value is -2.67. The van der Waals surface area contributed by atoms with Gasteiger partial charge in [0.25, 0.3) is 11.8 Å². The Balaban J connectivity index is 1.46. The first-order valence-electron chi connectivity index (χ1n) is 9.03. The Labute approximate surface area is 160 Å². The van der Waals surface area contributed by atoms with Crippen LogP contribution in [0, 0.1) is 0 Å². The van der Waals surface area contributed by atoms with Crippen LogP contribution in [0.2, 0.25) is 5.02 Å². The lowest BCUT2D eigenvalue weighted by Crippen LogP contribution is -2.36. The molecule has 1 fully saturated rings. The van der Waals surface area contributed by atoms with Crippen LogP contribution in [0.4, 0.5) is 0 Å². The lowest BCUT2D eigenvalue weighted by molar-refractivity contribution is 0.0733. The molecule has 0 unspecified atom stereocenters. The van der Waals surface area contributed by atoms with Crippen LogP contribution in [0.15, 0.2) is 28.8 Å². The first-order chi connectivity index (χ1) is 13.1. The van der Waals surface area contributed by atoms with Crippen molar-refractivity contribution < 1.29 is 9.32 Å². The van der Waals surface area contributed by atoms with Crippen molar-refractivity contribution in [3.05, 3.63) is 51.9 Å². The van der Waals surface area contributed by atoms with E-state index in [0.29, 0.717) is 41.2 Å². The fraction of sp³-hybridized carbons (Fsp3) is 0.368. The maximum absolute atomic E-state index is 12.9. The zero-order valence-corrected chi connectivity index (χ0v) is 15.6. The second-order valence-corrected chi connectivity index (χ2v) is 7.55. The Morgan fingerprint density at radius 1 is 1.33 bits per heavy atom. The average Bonchev–Trinajstić information content (AvgIpc) is 3.32. The van der Waals surface area contributed by atoms with Crippen molar-refractivity contribution in [2.45, 2.75) is 31.7 Å². The van der Waals surface area contributed by atoms with Gasteiger partial charge in [0.05, 0.1) is 6.54 Å². The molecule has 3 aromatic rings. The third-order valence-electron chi connectivity index (χ3n) is 5.19. The number of nitrogens with zero attached hydrogens (tertiary/aromatic N) is 5. The van der Waals surface area contributed by atoms with E-state index < -0.39 is 0 Å². The molecular formula is C19H18ClN5O2. The predicted molar refractivity (Wildman–Crippen MR) is 98.4 cm³/mol. The summed E-state index contributed by atoms with van der Waals surface area (Å²) >= 11 is 6.04. The summed E-state index contributed by atoms with van der Waals surface area (Å²) in [6.07, 6.45) is 2.96. The summed E-state index contributed by atoms with van der Waals surface area (Å²) in [7, 11) is 1.91. The molecule has 2 aliphatic rings. The van der Waals surface area contributed by atoms with E-state index in [2.05, 4.69) is 15.2 Å². The van der Waals surface area contributed by atoms with Gasteiger partial charge < -0.3 is 9.42 Å². The highest BCUT2D eigenvalue weighted by atomic mass is 35.5. The van der Waals surface area contributed by atoms with Crippen LogP contribution in [-0.4, -0.2) is 37.3 Å². The van der Waals surface area contributed by atoms with Crippen molar-refractivity contribution in [1.82, 2.24) is 24.8 Å². The molecule has 1 saturated carbocycles. The summed E-state index contributed by atoms with van der Waals surface area (Å²) in [5, 5.41) is 9.25. The lowest BCUT2D eigenvalue weighted by atomic mass is 10.0. The van der Waals surface area contributed by atoms with Crippen LogP contribution in [-0.2, 0) is 20.0 Å². The maximum Gasteiger partial charge on any atom is 0.278 e. The van der Waals surface area contributed by atoms with Crippen molar-refractivity contribution in [3.63, 3.8) is 0 Å². The van der Waals surface area contributed by atoms with Gasteiger partial charge in [-0.1, -0.05) is 22.8 Å². The second-order valence-electron chi connectivity index (χ2n) is 7.12. The van der Waals surface area contributed by atoms with Crippen LogP contribution in [0.1, 0.15) is 46.2 Å². The summed E-state index contributed by atoms with van der Waals surface area (Å²) in [6.45, 7) is 1.10. The maximum atomic E-state index is 12.9. The number of fused-ring (bicyclic) bond motifs is 1. The molecule has 0 saturated heterocycles. The monoisotopic (exact) mass is 383 g/mol. The van der Waals surface area contributed by atoms with Gasteiger partial charge in [-0.2, -0.15) is 10.1 Å². The molecule has 1 aliphatic heterocycles. The van der Waals surface area contributed by atoms with Crippen LogP contribution >= 0.6 is 11.6 Å². The van der Waals surface area contributed by atoms with E-state index in [4.69, 9.17) is 16.1 Å². The first kappa shape index (κ1) is 16.5. The van der Waals surface area contributed by atoms with Crippen molar-refractivity contribution in [2.75, 3.05) is 6.54 Å². The van der Waals surface area contributed by atoms with E-state index >= 15 is 0 Å². The summed E-state index contributed by atoms with van der Waals surface area (Å²) < 4.78 is 7.32.